The molecule has 3 N–H and O–H groups in total. The van der Waals surface area contributed by atoms with Crippen LogP contribution >= 0.6 is 0 Å². The maximum Gasteiger partial charge on any atom is 0.332 e. The van der Waals surface area contributed by atoms with Crippen LogP contribution < -0.4 is 0 Å². The molecule has 0 amide bonds. The second-order valence-corrected chi connectivity index (χ2v) is 4.55. The van der Waals surface area contributed by atoms with Gasteiger partial charge < -0.3 is 20.1 Å². The van der Waals surface area contributed by atoms with Crippen LogP contribution in [0, 0.1) is 5.92 Å². The molecule has 0 aromatic carbocycles. The van der Waals surface area contributed by atoms with Gasteiger partial charge in [0.1, 0.15) is 0 Å². The van der Waals surface area contributed by atoms with Crippen molar-refractivity contribution in [3.8, 4) is 0 Å². The molecule has 8 nitrogen and oxygen atoms in total. The summed E-state index contributed by atoms with van der Waals surface area (Å²) in [4.78, 5) is 40.9. The second-order valence-electron chi connectivity index (χ2n) is 4.55. The lowest BCUT2D eigenvalue weighted by Crippen LogP contribution is -2.09. The van der Waals surface area contributed by atoms with Gasteiger partial charge in [0.05, 0.1) is 6.10 Å². The van der Waals surface area contributed by atoms with E-state index in [9.17, 15) is 19.2 Å². The molecule has 0 aromatic rings. The van der Waals surface area contributed by atoms with Crippen LogP contribution in [0.4, 0.5) is 0 Å². The van der Waals surface area contributed by atoms with Gasteiger partial charge in [-0.05, 0) is 19.8 Å². The van der Waals surface area contributed by atoms with E-state index in [-0.39, 0.29) is 17.6 Å². The quantitative estimate of drug-likeness (QED) is 0.492. The Bertz CT molecular complexity index is 469. The highest BCUT2D eigenvalue weighted by Gasteiger charge is 2.12. The zero-order valence-corrected chi connectivity index (χ0v) is 12.8. The van der Waals surface area contributed by atoms with Crippen LogP contribution in [0.2, 0.25) is 0 Å². The van der Waals surface area contributed by atoms with E-state index in [0.29, 0.717) is 6.08 Å². The van der Waals surface area contributed by atoms with Gasteiger partial charge >= 0.3 is 23.9 Å². The summed E-state index contributed by atoms with van der Waals surface area (Å²) in [6, 6.07) is 0. The van der Waals surface area contributed by atoms with Crippen LogP contribution in [0.15, 0.2) is 23.8 Å². The Morgan fingerprint density at radius 1 is 0.864 bits per heavy atom. The Morgan fingerprint density at radius 3 is 1.59 bits per heavy atom. The number of carbonyl (C=O) groups excluding carboxylic acids is 1. The van der Waals surface area contributed by atoms with E-state index in [0.717, 1.165) is 12.2 Å². The van der Waals surface area contributed by atoms with E-state index in [2.05, 4.69) is 4.74 Å². The monoisotopic (exact) mass is 316 g/mol. The summed E-state index contributed by atoms with van der Waals surface area (Å²) >= 11 is 0. The van der Waals surface area contributed by atoms with Gasteiger partial charge in [-0.2, -0.15) is 0 Å². The first-order chi connectivity index (χ1) is 9.97. The number of hydrogen-bond donors (Lipinski definition) is 3. The smallest absolute Gasteiger partial charge is 0.332 e. The minimum absolute atomic E-state index is 0.0856. The highest BCUT2D eigenvalue weighted by Crippen LogP contribution is 2.08. The maximum absolute atomic E-state index is 10.6. The number of ether oxygens (including phenoxy) is 1. The molecule has 0 bridgehead atoms. The van der Waals surface area contributed by atoms with Crippen molar-refractivity contribution < 1.29 is 39.2 Å². The van der Waals surface area contributed by atoms with Gasteiger partial charge in [0.15, 0.2) is 0 Å². The van der Waals surface area contributed by atoms with Gasteiger partial charge in [-0.3, -0.25) is 0 Å². The first-order valence-electron chi connectivity index (χ1n) is 6.26. The first-order valence-corrected chi connectivity index (χ1v) is 6.26. The second kappa shape index (κ2) is 11.1. The molecule has 124 valence electrons. The Balaban J connectivity index is 0. The molecular formula is C14H20O8. The summed E-state index contributed by atoms with van der Waals surface area (Å²) in [6.45, 7) is 6.63. The zero-order valence-electron chi connectivity index (χ0n) is 12.8. The van der Waals surface area contributed by atoms with Crippen molar-refractivity contribution in [3.05, 3.63) is 23.8 Å². The average Bonchev–Trinajstić information content (AvgIpc) is 2.32. The number of rotatable bonds is 6. The highest BCUT2D eigenvalue weighted by molar-refractivity contribution is 5.94. The summed E-state index contributed by atoms with van der Waals surface area (Å²) in [5.74, 6) is -4.48. The van der Waals surface area contributed by atoms with Gasteiger partial charge in [-0.1, -0.05) is 13.8 Å². The van der Waals surface area contributed by atoms with Crippen LogP contribution in [0.25, 0.3) is 0 Å². The summed E-state index contributed by atoms with van der Waals surface area (Å²) in [7, 11) is 0. The van der Waals surface area contributed by atoms with Crippen molar-refractivity contribution >= 4 is 23.9 Å². The summed E-state index contributed by atoms with van der Waals surface area (Å²) in [5.41, 5.74) is -0.0856. The number of hydrogen-bond acceptors (Lipinski definition) is 5. The van der Waals surface area contributed by atoms with E-state index in [1.54, 1.807) is 27.7 Å². The Labute approximate surface area is 127 Å². The molecule has 0 heterocycles. The van der Waals surface area contributed by atoms with Crippen molar-refractivity contribution in [3.63, 3.8) is 0 Å². The SMILES string of the molecule is CC(C)/C(=C/C(=O)O)C(=O)O.CC(C)OC(=O)/C=C\C(=O)O. The largest absolute Gasteiger partial charge is 0.478 e. The van der Waals surface area contributed by atoms with E-state index < -0.39 is 23.9 Å². The third-order valence-corrected chi connectivity index (χ3v) is 1.86. The lowest BCUT2D eigenvalue weighted by atomic mass is 10.0. The lowest BCUT2D eigenvalue weighted by Gasteiger charge is -2.02. The van der Waals surface area contributed by atoms with E-state index in [1.165, 1.54) is 0 Å². The van der Waals surface area contributed by atoms with Gasteiger partial charge in [-0.25, -0.2) is 19.2 Å². The molecule has 0 spiro atoms. The minimum atomic E-state index is -1.23. The molecule has 0 radical (unpaired) electrons. The third kappa shape index (κ3) is 13.8. The number of esters is 1. The normalized spacial score (nSPS) is 11.1. The van der Waals surface area contributed by atoms with Crippen molar-refractivity contribution in [1.82, 2.24) is 0 Å². The molecule has 0 aliphatic carbocycles. The number of carboxylic acids is 3. The molecule has 0 saturated heterocycles. The van der Waals surface area contributed by atoms with E-state index >= 15 is 0 Å². The van der Waals surface area contributed by atoms with Crippen molar-refractivity contribution in [2.75, 3.05) is 0 Å². The zero-order chi connectivity index (χ0) is 17.9. The molecule has 0 aliphatic rings. The molecule has 0 atom stereocenters. The molecular weight excluding hydrogens is 296 g/mol. The van der Waals surface area contributed by atoms with Gasteiger partial charge in [-0.15, -0.1) is 0 Å². The fourth-order valence-corrected chi connectivity index (χ4v) is 1.02. The topological polar surface area (TPSA) is 138 Å². The van der Waals surface area contributed by atoms with Crippen molar-refractivity contribution in [2.24, 2.45) is 5.92 Å². The van der Waals surface area contributed by atoms with Crippen molar-refractivity contribution in [2.45, 2.75) is 33.8 Å². The molecule has 0 saturated carbocycles. The Morgan fingerprint density at radius 2 is 1.36 bits per heavy atom. The molecule has 8 heteroatoms. The minimum Gasteiger partial charge on any atom is -0.478 e. The number of carbonyl (C=O) groups is 4. The van der Waals surface area contributed by atoms with Crippen LogP contribution in [-0.4, -0.2) is 45.3 Å². The summed E-state index contributed by atoms with van der Waals surface area (Å²) < 4.78 is 4.61. The van der Waals surface area contributed by atoms with Crippen LogP contribution in [0.1, 0.15) is 27.7 Å². The van der Waals surface area contributed by atoms with Gasteiger partial charge in [0.25, 0.3) is 0 Å². The average molecular weight is 316 g/mol. The van der Waals surface area contributed by atoms with E-state index in [4.69, 9.17) is 15.3 Å². The first kappa shape index (κ1) is 21.7. The van der Waals surface area contributed by atoms with Gasteiger partial charge in [0.2, 0.25) is 0 Å². The third-order valence-electron chi connectivity index (χ3n) is 1.86. The fourth-order valence-electron chi connectivity index (χ4n) is 1.02. The Hall–Kier alpha value is -2.64. The van der Waals surface area contributed by atoms with Crippen LogP contribution in [0.3, 0.4) is 0 Å². The summed E-state index contributed by atoms with van der Waals surface area (Å²) in [5, 5.41) is 24.8. The molecule has 0 rings (SSSR count). The molecule has 22 heavy (non-hydrogen) atoms. The predicted molar refractivity (Wildman–Crippen MR) is 76.2 cm³/mol. The number of carboxylic acid groups (broad SMARTS) is 3. The maximum atomic E-state index is 10.6. The van der Waals surface area contributed by atoms with Crippen molar-refractivity contribution in [1.29, 1.82) is 0 Å². The summed E-state index contributed by atoms with van der Waals surface area (Å²) in [6.07, 6.45) is 2.11. The van der Waals surface area contributed by atoms with E-state index in [1.807, 2.05) is 0 Å². The molecule has 0 unspecified atom stereocenters. The molecule has 0 aromatic heterocycles. The lowest BCUT2D eigenvalue weighted by molar-refractivity contribution is -0.142. The molecule has 0 aliphatic heterocycles. The predicted octanol–water partition coefficient (Wildman–Crippen LogP) is 1.32. The van der Waals surface area contributed by atoms with Crippen LogP contribution in [-0.2, 0) is 23.9 Å². The Kier molecular flexibility index (Phi) is 10.9. The van der Waals surface area contributed by atoms with Gasteiger partial charge in [0, 0.05) is 23.8 Å². The standard InChI is InChI=1S/2C7H10O4/c1-5(2)11-7(10)4-3-6(8)9;1-4(2)5(7(10)11)3-6(8)9/h3-5H,1-2H3,(H,8,9);3-4H,1-2H3,(H,8,9)(H,10,11)/b4-3-;5-3-. The fraction of sp³-hybridized carbons (Fsp3) is 0.429. The molecule has 0 fully saturated rings. The highest BCUT2D eigenvalue weighted by atomic mass is 16.5. The van der Waals surface area contributed by atoms with Crippen LogP contribution in [0.5, 0.6) is 0 Å². The number of aliphatic carboxylic acids is 3.